The molecule has 0 unspecified atom stereocenters. The van der Waals surface area contributed by atoms with Crippen LogP contribution in [0.5, 0.6) is 0 Å². The van der Waals surface area contributed by atoms with Crippen LogP contribution in [0.25, 0.3) is 0 Å². The van der Waals surface area contributed by atoms with Gasteiger partial charge in [-0.25, -0.2) is 0 Å². The smallest absolute Gasteiger partial charge is 0.255 e. The van der Waals surface area contributed by atoms with Crippen LogP contribution in [0, 0.1) is 5.41 Å². The zero-order chi connectivity index (χ0) is 15.5. The molecule has 0 aromatic carbocycles. The molecule has 1 aliphatic rings. The number of β-amino-alcohol motifs (C(OH)–C–C–N with tert-alkyl or cyclic N) is 1. The molecule has 21 heavy (non-hydrogen) atoms. The maximum atomic E-state index is 12.3. The molecule has 1 atom stereocenters. The van der Waals surface area contributed by atoms with Crippen molar-refractivity contribution in [1.29, 1.82) is 0 Å². The van der Waals surface area contributed by atoms with Crippen molar-refractivity contribution in [3.63, 3.8) is 0 Å². The summed E-state index contributed by atoms with van der Waals surface area (Å²) in [6.45, 7) is 9.80. The second kappa shape index (κ2) is 6.54. The number of aliphatic hydroxyl groups excluding tert-OH is 1. The summed E-state index contributed by atoms with van der Waals surface area (Å²) < 4.78 is 0. The Hall–Kier alpha value is -1.46. The normalized spacial score (nSPS) is 18.6. The molecule has 0 radical (unpaired) electrons. The summed E-state index contributed by atoms with van der Waals surface area (Å²) in [6, 6.07) is 3.58. The minimum absolute atomic E-state index is 0.0409. The predicted octanol–water partition coefficient (Wildman–Crippen LogP) is 1.25. The molecule has 5 heteroatoms. The van der Waals surface area contributed by atoms with E-state index in [1.54, 1.807) is 24.5 Å². The second-order valence-electron chi connectivity index (χ2n) is 6.72. The molecule has 0 aliphatic carbocycles. The van der Waals surface area contributed by atoms with Crippen LogP contribution in [0.15, 0.2) is 24.5 Å². The van der Waals surface area contributed by atoms with Crippen molar-refractivity contribution in [2.24, 2.45) is 5.41 Å². The highest BCUT2D eigenvalue weighted by molar-refractivity contribution is 5.93. The summed E-state index contributed by atoms with van der Waals surface area (Å²) >= 11 is 0. The van der Waals surface area contributed by atoms with Gasteiger partial charge in [-0.05, 0) is 17.5 Å². The summed E-state index contributed by atoms with van der Waals surface area (Å²) in [7, 11) is 0. The number of hydrogen-bond acceptors (Lipinski definition) is 4. The van der Waals surface area contributed by atoms with E-state index in [0.717, 1.165) is 13.1 Å². The molecule has 2 rings (SSSR count). The van der Waals surface area contributed by atoms with Gasteiger partial charge in [0.25, 0.3) is 5.91 Å². The van der Waals surface area contributed by atoms with E-state index in [4.69, 9.17) is 0 Å². The van der Waals surface area contributed by atoms with Crippen LogP contribution in [-0.2, 0) is 0 Å². The fourth-order valence-corrected chi connectivity index (χ4v) is 2.32. The number of amides is 1. The minimum atomic E-state index is -0.349. The van der Waals surface area contributed by atoms with Gasteiger partial charge in [-0.2, -0.15) is 0 Å². The van der Waals surface area contributed by atoms with E-state index < -0.39 is 0 Å². The van der Waals surface area contributed by atoms with E-state index in [2.05, 4.69) is 9.88 Å². The summed E-state index contributed by atoms with van der Waals surface area (Å²) in [5, 5.41) is 10.2. The van der Waals surface area contributed by atoms with E-state index in [1.165, 1.54) is 0 Å². The molecule has 0 bridgehead atoms. The van der Waals surface area contributed by atoms with Gasteiger partial charge in [0.15, 0.2) is 0 Å². The summed E-state index contributed by atoms with van der Waals surface area (Å²) in [5.74, 6) is 0.0409. The molecule has 1 saturated heterocycles. The number of piperazine rings is 1. The number of rotatable bonds is 3. The van der Waals surface area contributed by atoms with Gasteiger partial charge in [-0.3, -0.25) is 14.7 Å². The van der Waals surface area contributed by atoms with Crippen molar-refractivity contribution in [1.82, 2.24) is 14.8 Å². The molecule has 1 fully saturated rings. The highest BCUT2D eigenvalue weighted by Crippen LogP contribution is 2.20. The first-order chi connectivity index (χ1) is 9.88. The summed E-state index contributed by atoms with van der Waals surface area (Å²) in [4.78, 5) is 20.4. The molecule has 0 spiro atoms. The molecule has 5 nitrogen and oxygen atoms in total. The van der Waals surface area contributed by atoms with Gasteiger partial charge >= 0.3 is 0 Å². The lowest BCUT2D eigenvalue weighted by Gasteiger charge is -2.38. The van der Waals surface area contributed by atoms with Crippen LogP contribution < -0.4 is 0 Å². The van der Waals surface area contributed by atoms with Crippen LogP contribution in [0.4, 0.5) is 0 Å². The Morgan fingerprint density at radius 3 is 2.52 bits per heavy atom. The fraction of sp³-hybridized carbons (Fsp3) is 0.625. The lowest BCUT2D eigenvalue weighted by Crippen LogP contribution is -2.51. The first kappa shape index (κ1) is 15.9. The minimum Gasteiger partial charge on any atom is -0.391 e. The van der Waals surface area contributed by atoms with Crippen LogP contribution >= 0.6 is 0 Å². The quantitative estimate of drug-likeness (QED) is 0.910. The Morgan fingerprint density at radius 2 is 2.00 bits per heavy atom. The van der Waals surface area contributed by atoms with Gasteiger partial charge in [0.05, 0.1) is 11.7 Å². The van der Waals surface area contributed by atoms with Crippen LogP contribution in [-0.4, -0.2) is 64.6 Å². The van der Waals surface area contributed by atoms with Gasteiger partial charge in [-0.15, -0.1) is 0 Å². The van der Waals surface area contributed by atoms with Crippen LogP contribution in [0.2, 0.25) is 0 Å². The van der Waals surface area contributed by atoms with E-state index in [-0.39, 0.29) is 17.4 Å². The highest BCUT2D eigenvalue weighted by atomic mass is 16.3. The third kappa shape index (κ3) is 4.25. The van der Waals surface area contributed by atoms with Crippen molar-refractivity contribution in [2.45, 2.75) is 26.9 Å². The van der Waals surface area contributed by atoms with Crippen molar-refractivity contribution in [3.05, 3.63) is 30.1 Å². The Bertz CT molecular complexity index is 462. The molecular formula is C16H25N3O2. The predicted molar refractivity (Wildman–Crippen MR) is 82.0 cm³/mol. The zero-order valence-electron chi connectivity index (χ0n) is 13.1. The second-order valence-corrected chi connectivity index (χ2v) is 6.72. The lowest BCUT2D eigenvalue weighted by molar-refractivity contribution is 0.0137. The Labute approximate surface area is 126 Å². The van der Waals surface area contributed by atoms with Crippen LogP contribution in [0.1, 0.15) is 31.1 Å². The Balaban J connectivity index is 1.85. The van der Waals surface area contributed by atoms with Crippen molar-refractivity contribution in [2.75, 3.05) is 32.7 Å². The van der Waals surface area contributed by atoms with Crippen molar-refractivity contribution in [3.8, 4) is 0 Å². The summed E-state index contributed by atoms with van der Waals surface area (Å²) in [5.41, 5.74) is 0.531. The third-order valence-corrected chi connectivity index (χ3v) is 4.00. The fourth-order valence-electron chi connectivity index (χ4n) is 2.32. The van der Waals surface area contributed by atoms with E-state index in [0.29, 0.717) is 25.2 Å². The van der Waals surface area contributed by atoms with Crippen LogP contribution in [0.3, 0.4) is 0 Å². The molecule has 116 valence electrons. The first-order valence-electron chi connectivity index (χ1n) is 7.47. The molecule has 1 amide bonds. The molecule has 0 saturated carbocycles. The van der Waals surface area contributed by atoms with E-state index in [9.17, 15) is 9.90 Å². The molecule has 1 N–H and O–H groups in total. The monoisotopic (exact) mass is 291 g/mol. The number of nitrogens with zero attached hydrogens (tertiary/aromatic N) is 3. The SMILES string of the molecule is CC(C)(C)[C@H](O)CN1CCN(C(=O)c2cccnc2)CC1. The van der Waals surface area contributed by atoms with Crippen molar-refractivity contribution >= 4 is 5.91 Å². The number of hydrogen-bond donors (Lipinski definition) is 1. The average molecular weight is 291 g/mol. The average Bonchev–Trinajstić information content (AvgIpc) is 2.47. The summed E-state index contributed by atoms with van der Waals surface area (Å²) in [6.07, 6.45) is 2.93. The number of aromatic nitrogens is 1. The van der Waals surface area contributed by atoms with Gasteiger partial charge in [0, 0.05) is 45.1 Å². The molecule has 1 aliphatic heterocycles. The van der Waals surface area contributed by atoms with Gasteiger partial charge in [0.2, 0.25) is 0 Å². The number of pyridine rings is 1. The molecule has 1 aromatic rings. The maximum Gasteiger partial charge on any atom is 0.255 e. The third-order valence-electron chi connectivity index (χ3n) is 4.00. The lowest BCUT2D eigenvalue weighted by atomic mass is 9.89. The maximum absolute atomic E-state index is 12.3. The topological polar surface area (TPSA) is 56.7 Å². The molecule has 1 aromatic heterocycles. The number of carbonyl (C=O) groups excluding carboxylic acids is 1. The largest absolute Gasteiger partial charge is 0.391 e. The van der Waals surface area contributed by atoms with Gasteiger partial charge in [0.1, 0.15) is 0 Å². The number of aliphatic hydroxyl groups is 1. The zero-order valence-corrected chi connectivity index (χ0v) is 13.1. The molecular weight excluding hydrogens is 266 g/mol. The Kier molecular flexibility index (Phi) is 4.96. The van der Waals surface area contributed by atoms with E-state index >= 15 is 0 Å². The van der Waals surface area contributed by atoms with E-state index in [1.807, 2.05) is 25.7 Å². The highest BCUT2D eigenvalue weighted by Gasteiger charge is 2.27. The van der Waals surface area contributed by atoms with Gasteiger partial charge in [-0.1, -0.05) is 20.8 Å². The first-order valence-corrected chi connectivity index (χ1v) is 7.47. The number of carbonyl (C=O) groups is 1. The van der Waals surface area contributed by atoms with Gasteiger partial charge < -0.3 is 10.0 Å². The van der Waals surface area contributed by atoms with Crippen molar-refractivity contribution < 1.29 is 9.90 Å². The molecule has 2 heterocycles. The standard InChI is InChI=1S/C16H25N3O2/c1-16(2,3)14(20)12-18-7-9-19(10-8-18)15(21)13-5-4-6-17-11-13/h4-6,11,14,20H,7-10,12H2,1-3H3/t14-/m1/s1. The Morgan fingerprint density at radius 1 is 1.33 bits per heavy atom.